The van der Waals surface area contributed by atoms with Crippen LogP contribution in [0.4, 0.5) is 20.2 Å². The van der Waals surface area contributed by atoms with Crippen LogP contribution in [0.2, 0.25) is 0 Å². The molecule has 0 spiro atoms. The quantitative estimate of drug-likeness (QED) is 0.933. The molecule has 0 aliphatic rings. The maximum Gasteiger partial charge on any atom is 0.255 e. The number of hydrogen-bond donors (Lipinski definition) is 1. The summed E-state index contributed by atoms with van der Waals surface area (Å²) >= 11 is 0. The van der Waals surface area contributed by atoms with Crippen molar-refractivity contribution in [2.45, 2.75) is 0 Å². The molecule has 0 heterocycles. The van der Waals surface area contributed by atoms with Crippen LogP contribution in [0.1, 0.15) is 10.4 Å². The second-order valence-electron chi connectivity index (χ2n) is 4.52. The molecule has 2 rings (SSSR count). The van der Waals surface area contributed by atoms with Crippen molar-refractivity contribution in [1.82, 2.24) is 0 Å². The van der Waals surface area contributed by atoms with E-state index in [1.165, 1.54) is 6.07 Å². The SMILES string of the molecule is CN(C)c1ccc(C(=O)Nc2ccc(F)cc2F)cc1. The van der Waals surface area contributed by atoms with E-state index in [1.54, 1.807) is 24.3 Å². The minimum Gasteiger partial charge on any atom is -0.378 e. The van der Waals surface area contributed by atoms with E-state index in [4.69, 9.17) is 0 Å². The van der Waals surface area contributed by atoms with Gasteiger partial charge in [0.15, 0.2) is 0 Å². The fraction of sp³-hybridized carbons (Fsp3) is 0.133. The summed E-state index contributed by atoms with van der Waals surface area (Å²) in [4.78, 5) is 13.9. The van der Waals surface area contributed by atoms with Gasteiger partial charge >= 0.3 is 0 Å². The van der Waals surface area contributed by atoms with Gasteiger partial charge in [-0.15, -0.1) is 0 Å². The number of amides is 1. The van der Waals surface area contributed by atoms with Crippen molar-refractivity contribution in [1.29, 1.82) is 0 Å². The molecule has 1 amide bonds. The molecule has 0 aromatic heterocycles. The van der Waals surface area contributed by atoms with Crippen molar-refractivity contribution in [3.05, 3.63) is 59.7 Å². The zero-order valence-corrected chi connectivity index (χ0v) is 11.2. The number of nitrogens with one attached hydrogen (secondary N) is 1. The van der Waals surface area contributed by atoms with Gasteiger partial charge in [0.2, 0.25) is 0 Å². The number of nitrogens with zero attached hydrogens (tertiary/aromatic N) is 1. The highest BCUT2D eigenvalue weighted by molar-refractivity contribution is 6.04. The number of benzene rings is 2. The smallest absolute Gasteiger partial charge is 0.255 e. The third-order valence-electron chi connectivity index (χ3n) is 2.83. The highest BCUT2D eigenvalue weighted by atomic mass is 19.1. The molecular weight excluding hydrogens is 262 g/mol. The van der Waals surface area contributed by atoms with Crippen molar-refractivity contribution in [2.24, 2.45) is 0 Å². The minimum absolute atomic E-state index is 0.0481. The summed E-state index contributed by atoms with van der Waals surface area (Å²) in [5.41, 5.74) is 1.31. The molecule has 1 N–H and O–H groups in total. The number of anilines is 2. The van der Waals surface area contributed by atoms with Crippen LogP contribution in [-0.4, -0.2) is 20.0 Å². The molecule has 0 bridgehead atoms. The lowest BCUT2D eigenvalue weighted by Crippen LogP contribution is -2.14. The van der Waals surface area contributed by atoms with Crippen LogP contribution in [-0.2, 0) is 0 Å². The fourth-order valence-corrected chi connectivity index (χ4v) is 1.70. The number of rotatable bonds is 3. The molecule has 0 atom stereocenters. The molecular formula is C15H14F2N2O. The Kier molecular flexibility index (Phi) is 3.98. The molecule has 0 saturated heterocycles. The van der Waals surface area contributed by atoms with E-state index in [0.29, 0.717) is 5.56 Å². The van der Waals surface area contributed by atoms with Gasteiger partial charge in [0, 0.05) is 31.4 Å². The molecule has 0 radical (unpaired) electrons. The zero-order valence-electron chi connectivity index (χ0n) is 11.2. The molecule has 0 aliphatic heterocycles. The maximum absolute atomic E-state index is 13.4. The summed E-state index contributed by atoms with van der Waals surface area (Å²) in [7, 11) is 3.78. The lowest BCUT2D eigenvalue weighted by atomic mass is 10.2. The van der Waals surface area contributed by atoms with Crippen LogP contribution in [0.15, 0.2) is 42.5 Å². The Morgan fingerprint density at radius 1 is 1.05 bits per heavy atom. The predicted octanol–water partition coefficient (Wildman–Crippen LogP) is 3.28. The highest BCUT2D eigenvalue weighted by Gasteiger charge is 2.10. The van der Waals surface area contributed by atoms with E-state index in [0.717, 1.165) is 17.8 Å². The summed E-state index contributed by atoms with van der Waals surface area (Å²) in [6, 6.07) is 9.87. The number of carbonyl (C=O) groups excluding carboxylic acids is 1. The Morgan fingerprint density at radius 2 is 1.70 bits per heavy atom. The van der Waals surface area contributed by atoms with Gasteiger partial charge in [0.05, 0.1) is 5.69 Å². The highest BCUT2D eigenvalue weighted by Crippen LogP contribution is 2.17. The van der Waals surface area contributed by atoms with Gasteiger partial charge in [-0.2, -0.15) is 0 Å². The number of halogens is 2. The third kappa shape index (κ3) is 3.12. The van der Waals surface area contributed by atoms with E-state index in [2.05, 4.69) is 5.32 Å². The lowest BCUT2D eigenvalue weighted by molar-refractivity contribution is 0.102. The van der Waals surface area contributed by atoms with Crippen molar-refractivity contribution in [2.75, 3.05) is 24.3 Å². The number of hydrogen-bond acceptors (Lipinski definition) is 2. The molecule has 3 nitrogen and oxygen atoms in total. The van der Waals surface area contributed by atoms with Crippen LogP contribution in [0.3, 0.4) is 0 Å². The average Bonchev–Trinajstić information content (AvgIpc) is 2.42. The first kappa shape index (κ1) is 14.0. The summed E-state index contributed by atoms with van der Waals surface area (Å²) in [5.74, 6) is -1.93. The lowest BCUT2D eigenvalue weighted by Gasteiger charge is -2.12. The van der Waals surface area contributed by atoms with Crippen molar-refractivity contribution in [3.63, 3.8) is 0 Å². The second kappa shape index (κ2) is 5.69. The van der Waals surface area contributed by atoms with Gasteiger partial charge < -0.3 is 10.2 Å². The standard InChI is InChI=1S/C15H14F2N2O/c1-19(2)12-6-3-10(4-7-12)15(20)18-14-8-5-11(16)9-13(14)17/h3-9H,1-2H3,(H,18,20). The average molecular weight is 276 g/mol. The maximum atomic E-state index is 13.4. The second-order valence-corrected chi connectivity index (χ2v) is 4.52. The van der Waals surface area contributed by atoms with Crippen LogP contribution in [0.5, 0.6) is 0 Å². The first-order valence-corrected chi connectivity index (χ1v) is 6.01. The molecule has 2 aromatic carbocycles. The molecule has 5 heteroatoms. The van der Waals surface area contributed by atoms with Gasteiger partial charge in [-0.25, -0.2) is 8.78 Å². The summed E-state index contributed by atoms with van der Waals surface area (Å²) in [5, 5.41) is 2.41. The summed E-state index contributed by atoms with van der Waals surface area (Å²) in [6.45, 7) is 0. The summed E-state index contributed by atoms with van der Waals surface area (Å²) in [6.07, 6.45) is 0. The Labute approximate surface area is 115 Å². The van der Waals surface area contributed by atoms with Crippen LogP contribution in [0, 0.1) is 11.6 Å². The molecule has 2 aromatic rings. The normalized spacial score (nSPS) is 10.2. The van der Waals surface area contributed by atoms with Crippen molar-refractivity contribution < 1.29 is 13.6 Å². The monoisotopic (exact) mass is 276 g/mol. The zero-order chi connectivity index (χ0) is 14.7. The first-order valence-electron chi connectivity index (χ1n) is 6.01. The molecule has 0 unspecified atom stereocenters. The van der Waals surface area contributed by atoms with Crippen molar-refractivity contribution >= 4 is 17.3 Å². The van der Waals surface area contributed by atoms with Gasteiger partial charge in [0.25, 0.3) is 5.91 Å². The minimum atomic E-state index is -0.803. The topological polar surface area (TPSA) is 32.3 Å². The summed E-state index contributed by atoms with van der Waals surface area (Å²) < 4.78 is 26.2. The van der Waals surface area contributed by atoms with Gasteiger partial charge in [-0.05, 0) is 36.4 Å². The molecule has 0 fully saturated rings. The van der Waals surface area contributed by atoms with E-state index in [-0.39, 0.29) is 5.69 Å². The first-order chi connectivity index (χ1) is 9.47. The van der Waals surface area contributed by atoms with Crippen LogP contribution < -0.4 is 10.2 Å². The van der Waals surface area contributed by atoms with E-state index in [9.17, 15) is 13.6 Å². The van der Waals surface area contributed by atoms with Gasteiger partial charge in [-0.3, -0.25) is 4.79 Å². The molecule has 0 aliphatic carbocycles. The van der Waals surface area contributed by atoms with Gasteiger partial charge in [0.1, 0.15) is 11.6 Å². The van der Waals surface area contributed by atoms with E-state index >= 15 is 0 Å². The third-order valence-corrected chi connectivity index (χ3v) is 2.83. The Bertz CT molecular complexity index is 624. The largest absolute Gasteiger partial charge is 0.378 e. The van der Waals surface area contributed by atoms with E-state index in [1.807, 2.05) is 19.0 Å². The van der Waals surface area contributed by atoms with Crippen LogP contribution in [0.25, 0.3) is 0 Å². The molecule has 20 heavy (non-hydrogen) atoms. The fourth-order valence-electron chi connectivity index (χ4n) is 1.70. The Balaban J connectivity index is 2.15. The Hall–Kier alpha value is -2.43. The van der Waals surface area contributed by atoms with Crippen LogP contribution >= 0.6 is 0 Å². The predicted molar refractivity (Wildman–Crippen MR) is 75.1 cm³/mol. The number of carbonyl (C=O) groups is 1. The molecule has 104 valence electrons. The van der Waals surface area contributed by atoms with Gasteiger partial charge in [-0.1, -0.05) is 0 Å². The van der Waals surface area contributed by atoms with E-state index < -0.39 is 17.5 Å². The Morgan fingerprint density at radius 3 is 2.25 bits per heavy atom. The molecule has 0 saturated carbocycles. The van der Waals surface area contributed by atoms with Crippen molar-refractivity contribution in [3.8, 4) is 0 Å².